The standard InChI is InChI=1S/C16H19ClFN3O2/c1-10-8-21(9-19-10)13-5-3-12(4-6-13)15(22)14(7-18)20-16(23)11(2)17/h3-6,8-9,11,14-15,22H,7H2,1-2H3,(H,20,23). The Morgan fingerprint density at radius 2 is 2.09 bits per heavy atom. The first kappa shape index (κ1) is 17.4. The topological polar surface area (TPSA) is 67.2 Å². The van der Waals surface area contributed by atoms with Gasteiger partial charge in [0, 0.05) is 11.9 Å². The summed E-state index contributed by atoms with van der Waals surface area (Å²) in [7, 11) is 0. The number of carbonyl (C=O) groups is 1. The van der Waals surface area contributed by atoms with Crippen LogP contribution >= 0.6 is 11.6 Å². The van der Waals surface area contributed by atoms with Crippen molar-refractivity contribution >= 4 is 17.5 Å². The first-order valence-electron chi connectivity index (χ1n) is 7.21. The zero-order chi connectivity index (χ0) is 17.0. The van der Waals surface area contributed by atoms with E-state index in [2.05, 4.69) is 10.3 Å². The zero-order valence-electron chi connectivity index (χ0n) is 12.9. The van der Waals surface area contributed by atoms with Gasteiger partial charge in [0.1, 0.15) is 18.2 Å². The number of nitrogens with zero attached hydrogens (tertiary/aromatic N) is 2. The van der Waals surface area contributed by atoms with E-state index in [1.54, 1.807) is 30.6 Å². The second-order valence-corrected chi connectivity index (χ2v) is 6.00. The Morgan fingerprint density at radius 1 is 1.43 bits per heavy atom. The van der Waals surface area contributed by atoms with Gasteiger partial charge in [-0.05, 0) is 31.5 Å². The van der Waals surface area contributed by atoms with Gasteiger partial charge in [0.2, 0.25) is 5.91 Å². The highest BCUT2D eigenvalue weighted by Gasteiger charge is 2.24. The van der Waals surface area contributed by atoms with Crippen LogP contribution in [-0.2, 0) is 4.79 Å². The van der Waals surface area contributed by atoms with Gasteiger partial charge >= 0.3 is 0 Å². The summed E-state index contributed by atoms with van der Waals surface area (Å²) in [6.45, 7) is 2.49. The van der Waals surface area contributed by atoms with Gasteiger partial charge < -0.3 is 15.0 Å². The van der Waals surface area contributed by atoms with Crippen LogP contribution in [0.3, 0.4) is 0 Å². The smallest absolute Gasteiger partial charge is 0.238 e. The summed E-state index contributed by atoms with van der Waals surface area (Å²) in [6, 6.07) is 5.93. The summed E-state index contributed by atoms with van der Waals surface area (Å²) in [5.41, 5.74) is 2.28. The Labute approximate surface area is 139 Å². The molecule has 0 aliphatic heterocycles. The third-order valence-corrected chi connectivity index (χ3v) is 3.68. The molecule has 1 heterocycles. The van der Waals surface area contributed by atoms with E-state index < -0.39 is 30.1 Å². The Bertz CT molecular complexity index is 658. The molecule has 0 aliphatic rings. The SMILES string of the molecule is Cc1cn(-c2ccc(C(O)C(CF)NC(=O)C(C)Cl)cc2)cn1. The number of benzene rings is 1. The molecular weight excluding hydrogens is 321 g/mol. The molecule has 0 saturated heterocycles. The maximum atomic E-state index is 13.1. The second-order valence-electron chi connectivity index (χ2n) is 5.34. The average Bonchev–Trinajstić information content (AvgIpc) is 2.98. The van der Waals surface area contributed by atoms with Crippen LogP contribution in [0.2, 0.25) is 0 Å². The molecule has 1 amide bonds. The molecular formula is C16H19ClFN3O2. The Kier molecular flexibility index (Phi) is 5.74. The molecule has 0 radical (unpaired) electrons. The van der Waals surface area contributed by atoms with Gasteiger partial charge in [-0.1, -0.05) is 12.1 Å². The van der Waals surface area contributed by atoms with E-state index in [-0.39, 0.29) is 0 Å². The van der Waals surface area contributed by atoms with Crippen molar-refractivity contribution in [2.24, 2.45) is 0 Å². The number of nitrogens with one attached hydrogen (secondary N) is 1. The Morgan fingerprint density at radius 3 is 2.57 bits per heavy atom. The molecule has 23 heavy (non-hydrogen) atoms. The van der Waals surface area contributed by atoms with Crippen LogP contribution in [0.15, 0.2) is 36.8 Å². The van der Waals surface area contributed by atoms with Gasteiger partial charge in [-0.2, -0.15) is 0 Å². The normalized spacial score (nSPS) is 15.0. The molecule has 2 N–H and O–H groups in total. The third-order valence-electron chi connectivity index (χ3n) is 3.48. The van der Waals surface area contributed by atoms with E-state index in [1.165, 1.54) is 6.92 Å². The maximum absolute atomic E-state index is 13.1. The molecule has 124 valence electrons. The van der Waals surface area contributed by atoms with Crippen LogP contribution in [0.5, 0.6) is 0 Å². The highest BCUT2D eigenvalue weighted by Crippen LogP contribution is 2.20. The minimum Gasteiger partial charge on any atom is -0.386 e. The lowest BCUT2D eigenvalue weighted by molar-refractivity contribution is -0.122. The van der Waals surface area contributed by atoms with Gasteiger partial charge in [0.05, 0.1) is 18.1 Å². The van der Waals surface area contributed by atoms with Crippen molar-refractivity contribution in [3.05, 3.63) is 48.0 Å². The molecule has 1 aromatic heterocycles. The number of aliphatic hydroxyl groups is 1. The molecule has 0 fully saturated rings. The zero-order valence-corrected chi connectivity index (χ0v) is 13.7. The minimum absolute atomic E-state index is 0.510. The number of rotatable bonds is 6. The van der Waals surface area contributed by atoms with E-state index in [4.69, 9.17) is 11.6 Å². The Balaban J connectivity index is 2.12. The number of aryl methyl sites for hydroxylation is 1. The number of hydrogen-bond acceptors (Lipinski definition) is 3. The average molecular weight is 340 g/mol. The van der Waals surface area contributed by atoms with Crippen LogP contribution in [0.25, 0.3) is 5.69 Å². The molecule has 1 aromatic carbocycles. The molecule has 2 aromatic rings. The van der Waals surface area contributed by atoms with Crippen LogP contribution < -0.4 is 5.32 Å². The number of alkyl halides is 2. The quantitative estimate of drug-likeness (QED) is 0.794. The minimum atomic E-state index is -1.15. The molecule has 7 heteroatoms. The van der Waals surface area contributed by atoms with Crippen LogP contribution in [0, 0.1) is 6.92 Å². The number of hydrogen-bond donors (Lipinski definition) is 2. The number of imidazole rings is 1. The molecule has 0 saturated carbocycles. The highest BCUT2D eigenvalue weighted by atomic mass is 35.5. The summed E-state index contributed by atoms with van der Waals surface area (Å²) >= 11 is 5.65. The third kappa shape index (κ3) is 4.30. The molecule has 0 aliphatic carbocycles. The first-order valence-corrected chi connectivity index (χ1v) is 7.65. The van der Waals surface area contributed by atoms with Crippen molar-refractivity contribution in [2.75, 3.05) is 6.67 Å². The predicted octanol–water partition coefficient (Wildman–Crippen LogP) is 2.30. The predicted molar refractivity (Wildman–Crippen MR) is 86.5 cm³/mol. The molecule has 0 bridgehead atoms. The number of aliphatic hydroxyl groups excluding tert-OH is 1. The van der Waals surface area contributed by atoms with Gasteiger partial charge in [-0.15, -0.1) is 11.6 Å². The van der Waals surface area contributed by atoms with Crippen molar-refractivity contribution in [1.29, 1.82) is 0 Å². The number of halogens is 2. The lowest BCUT2D eigenvalue weighted by Crippen LogP contribution is -2.43. The fourth-order valence-corrected chi connectivity index (χ4v) is 2.20. The van der Waals surface area contributed by atoms with Gasteiger partial charge in [0.25, 0.3) is 0 Å². The van der Waals surface area contributed by atoms with Crippen LogP contribution in [0.4, 0.5) is 4.39 Å². The molecule has 3 atom stereocenters. The largest absolute Gasteiger partial charge is 0.386 e. The van der Waals surface area contributed by atoms with Gasteiger partial charge in [-0.3, -0.25) is 4.79 Å². The Hall–Kier alpha value is -1.92. The maximum Gasteiger partial charge on any atom is 0.238 e. The van der Waals surface area contributed by atoms with Crippen molar-refractivity contribution in [1.82, 2.24) is 14.9 Å². The molecule has 5 nitrogen and oxygen atoms in total. The van der Waals surface area contributed by atoms with Crippen LogP contribution in [0.1, 0.15) is 24.3 Å². The molecule has 2 rings (SSSR count). The fraction of sp³-hybridized carbons (Fsp3) is 0.375. The monoisotopic (exact) mass is 339 g/mol. The van der Waals surface area contributed by atoms with Crippen molar-refractivity contribution < 1.29 is 14.3 Å². The van der Waals surface area contributed by atoms with E-state index in [0.717, 1.165) is 11.4 Å². The lowest BCUT2D eigenvalue weighted by Gasteiger charge is -2.22. The van der Waals surface area contributed by atoms with E-state index in [0.29, 0.717) is 5.56 Å². The summed E-state index contributed by atoms with van der Waals surface area (Å²) in [5, 5.41) is 11.9. The number of aromatic nitrogens is 2. The van der Waals surface area contributed by atoms with E-state index in [1.807, 2.05) is 17.7 Å². The van der Waals surface area contributed by atoms with Gasteiger partial charge in [0.15, 0.2) is 0 Å². The summed E-state index contributed by atoms with van der Waals surface area (Å²) in [6.07, 6.45) is 2.41. The lowest BCUT2D eigenvalue weighted by atomic mass is 10.0. The van der Waals surface area contributed by atoms with Crippen molar-refractivity contribution in [2.45, 2.75) is 31.4 Å². The fourth-order valence-electron chi connectivity index (χ4n) is 2.14. The first-order chi connectivity index (χ1) is 10.9. The highest BCUT2D eigenvalue weighted by molar-refractivity contribution is 6.30. The van der Waals surface area contributed by atoms with E-state index in [9.17, 15) is 14.3 Å². The number of amides is 1. The van der Waals surface area contributed by atoms with Crippen molar-refractivity contribution in [3.63, 3.8) is 0 Å². The second kappa shape index (κ2) is 7.57. The van der Waals surface area contributed by atoms with Gasteiger partial charge in [-0.25, -0.2) is 9.37 Å². The summed E-state index contributed by atoms with van der Waals surface area (Å²) in [4.78, 5) is 15.7. The molecule has 3 unspecified atom stereocenters. The summed E-state index contributed by atoms with van der Waals surface area (Å²) < 4.78 is 15.0. The molecule has 0 spiro atoms. The van der Waals surface area contributed by atoms with E-state index >= 15 is 0 Å². The summed E-state index contributed by atoms with van der Waals surface area (Å²) in [5.74, 6) is -0.515. The number of carbonyl (C=O) groups excluding carboxylic acids is 1. The van der Waals surface area contributed by atoms with Crippen LogP contribution in [-0.4, -0.2) is 38.7 Å². The van der Waals surface area contributed by atoms with Crippen molar-refractivity contribution in [3.8, 4) is 5.69 Å².